The predicted molar refractivity (Wildman–Crippen MR) is 38.4 cm³/mol. The highest BCUT2D eigenvalue weighted by Crippen LogP contribution is 2.13. The molecule has 0 fully saturated rings. The summed E-state index contributed by atoms with van der Waals surface area (Å²) in [5, 5.41) is 8.23. The van der Waals surface area contributed by atoms with Crippen LogP contribution in [-0.2, 0) is 0 Å². The van der Waals surface area contributed by atoms with Gasteiger partial charge in [-0.3, -0.25) is 0 Å². The second kappa shape index (κ2) is 4.15. The first-order valence-electron chi connectivity index (χ1n) is 2.47. The van der Waals surface area contributed by atoms with Crippen LogP contribution in [0.3, 0.4) is 0 Å². The summed E-state index contributed by atoms with van der Waals surface area (Å²) in [5.74, 6) is 0. The van der Waals surface area contributed by atoms with E-state index in [1.165, 1.54) is 0 Å². The number of rotatable bonds is 0. The van der Waals surface area contributed by atoms with Crippen LogP contribution in [0.4, 0.5) is 5.69 Å². The third-order valence-corrected chi connectivity index (χ3v) is 1.26. The number of diazo groups is 1. The molecular formula is C6H5ClN2S. The van der Waals surface area contributed by atoms with E-state index in [1.54, 1.807) is 24.3 Å². The molecule has 1 aromatic rings. The Morgan fingerprint density at radius 2 is 1.70 bits per heavy atom. The lowest BCUT2D eigenvalue weighted by Crippen LogP contribution is -3.00. The van der Waals surface area contributed by atoms with Crippen LogP contribution in [-0.4, -0.2) is 0 Å². The molecule has 0 unspecified atom stereocenters. The zero-order valence-corrected chi connectivity index (χ0v) is 6.68. The fraction of sp³-hybridized carbons (Fsp3) is 0. The SMILES string of the molecule is N#[N+]c1ccc(S)cc1.[Cl-]. The maximum absolute atomic E-state index is 8.23. The highest BCUT2D eigenvalue weighted by atomic mass is 35.5. The quantitative estimate of drug-likeness (QED) is 0.414. The van der Waals surface area contributed by atoms with Crippen molar-refractivity contribution in [2.45, 2.75) is 4.90 Å². The van der Waals surface area contributed by atoms with Gasteiger partial charge in [-0.15, -0.1) is 12.6 Å². The molecule has 0 radical (unpaired) electrons. The average molecular weight is 173 g/mol. The summed E-state index contributed by atoms with van der Waals surface area (Å²) in [6.07, 6.45) is 0. The topological polar surface area (TPSA) is 28.1 Å². The molecule has 1 aromatic carbocycles. The average Bonchev–Trinajstić information content (AvgIpc) is 1.90. The van der Waals surface area contributed by atoms with Crippen molar-refractivity contribution < 1.29 is 12.4 Å². The fourth-order valence-corrected chi connectivity index (χ4v) is 0.668. The minimum Gasteiger partial charge on any atom is -1.00 e. The number of hydrogen-bond donors (Lipinski definition) is 1. The van der Waals surface area contributed by atoms with E-state index in [0.29, 0.717) is 5.69 Å². The van der Waals surface area contributed by atoms with E-state index < -0.39 is 0 Å². The van der Waals surface area contributed by atoms with Gasteiger partial charge < -0.3 is 12.4 Å². The van der Waals surface area contributed by atoms with E-state index in [-0.39, 0.29) is 12.4 Å². The standard InChI is InChI=1S/C6H4N2S.ClH/c7-8-5-1-3-6(9)4-2-5;/h1-4H;1H. The van der Waals surface area contributed by atoms with E-state index in [9.17, 15) is 0 Å². The van der Waals surface area contributed by atoms with Gasteiger partial charge in [-0.1, -0.05) is 0 Å². The molecule has 0 aliphatic rings. The van der Waals surface area contributed by atoms with Crippen molar-refractivity contribution in [3.05, 3.63) is 29.2 Å². The van der Waals surface area contributed by atoms with Gasteiger partial charge >= 0.3 is 5.69 Å². The van der Waals surface area contributed by atoms with E-state index in [2.05, 4.69) is 17.6 Å². The molecule has 0 aliphatic carbocycles. The number of thiol groups is 1. The van der Waals surface area contributed by atoms with Gasteiger partial charge in [0.1, 0.15) is 0 Å². The van der Waals surface area contributed by atoms with Gasteiger partial charge in [0.05, 0.1) is 0 Å². The zero-order chi connectivity index (χ0) is 6.69. The molecule has 10 heavy (non-hydrogen) atoms. The maximum atomic E-state index is 8.23. The molecule has 4 heteroatoms. The van der Waals surface area contributed by atoms with Crippen molar-refractivity contribution >= 4 is 18.3 Å². The molecule has 0 amide bonds. The molecule has 0 saturated heterocycles. The van der Waals surface area contributed by atoms with Crippen LogP contribution in [0.25, 0.3) is 4.98 Å². The molecule has 2 nitrogen and oxygen atoms in total. The van der Waals surface area contributed by atoms with Crippen molar-refractivity contribution in [3.8, 4) is 0 Å². The molecule has 0 spiro atoms. The molecule has 0 N–H and O–H groups in total. The summed E-state index contributed by atoms with van der Waals surface area (Å²) in [6.45, 7) is 0. The van der Waals surface area contributed by atoms with Gasteiger partial charge in [0, 0.05) is 17.0 Å². The molecule has 0 aromatic heterocycles. The highest BCUT2D eigenvalue weighted by Gasteiger charge is 1.99. The minimum atomic E-state index is 0. The van der Waals surface area contributed by atoms with E-state index >= 15 is 0 Å². The molecular weight excluding hydrogens is 168 g/mol. The molecule has 0 atom stereocenters. The second-order valence-corrected chi connectivity index (χ2v) is 2.13. The van der Waals surface area contributed by atoms with Crippen LogP contribution in [0.15, 0.2) is 29.2 Å². The Morgan fingerprint density at radius 3 is 2.10 bits per heavy atom. The van der Waals surface area contributed by atoms with Gasteiger partial charge in [-0.05, 0) is 12.1 Å². The molecule has 0 saturated carbocycles. The Kier molecular flexibility index (Phi) is 3.85. The number of halogens is 1. The van der Waals surface area contributed by atoms with Crippen molar-refractivity contribution in [2.24, 2.45) is 0 Å². The third-order valence-electron chi connectivity index (χ3n) is 0.965. The van der Waals surface area contributed by atoms with Crippen LogP contribution in [0.1, 0.15) is 0 Å². The summed E-state index contributed by atoms with van der Waals surface area (Å²) in [5.41, 5.74) is 0.549. The largest absolute Gasteiger partial charge is 1.00 e. The van der Waals surface area contributed by atoms with Gasteiger partial charge in [-0.25, -0.2) is 0 Å². The number of nitrogens with zero attached hydrogens (tertiary/aromatic N) is 2. The Morgan fingerprint density at radius 1 is 1.20 bits per heavy atom. The minimum absolute atomic E-state index is 0. The van der Waals surface area contributed by atoms with E-state index in [0.717, 1.165) is 4.90 Å². The zero-order valence-electron chi connectivity index (χ0n) is 5.03. The van der Waals surface area contributed by atoms with Crippen molar-refractivity contribution in [2.75, 3.05) is 0 Å². The van der Waals surface area contributed by atoms with Crippen LogP contribution >= 0.6 is 12.6 Å². The van der Waals surface area contributed by atoms with E-state index in [1.807, 2.05) is 0 Å². The van der Waals surface area contributed by atoms with Gasteiger partial charge in [0.2, 0.25) is 5.39 Å². The van der Waals surface area contributed by atoms with Crippen LogP contribution < -0.4 is 12.4 Å². The van der Waals surface area contributed by atoms with E-state index in [4.69, 9.17) is 5.39 Å². The molecule has 1 rings (SSSR count). The maximum Gasteiger partial charge on any atom is 0.385 e. The van der Waals surface area contributed by atoms with Crippen LogP contribution in [0.5, 0.6) is 0 Å². The first-order valence-corrected chi connectivity index (χ1v) is 2.92. The first kappa shape index (κ1) is 9.28. The molecule has 0 aliphatic heterocycles. The van der Waals surface area contributed by atoms with Gasteiger partial charge in [-0.2, -0.15) is 0 Å². The Balaban J connectivity index is 0.000000810. The highest BCUT2D eigenvalue weighted by molar-refractivity contribution is 7.80. The Labute approximate surface area is 70.7 Å². The summed E-state index contributed by atoms with van der Waals surface area (Å²) in [4.78, 5) is 3.84. The van der Waals surface area contributed by atoms with Crippen molar-refractivity contribution in [3.63, 3.8) is 0 Å². The Hall–Kier alpha value is -0.720. The Bertz CT molecular complexity index is 239. The van der Waals surface area contributed by atoms with Crippen LogP contribution in [0, 0.1) is 5.39 Å². The number of benzene rings is 1. The first-order chi connectivity index (χ1) is 4.33. The smallest absolute Gasteiger partial charge is 0.385 e. The number of hydrogen-bond acceptors (Lipinski definition) is 2. The predicted octanol–water partition coefficient (Wildman–Crippen LogP) is -0.536. The normalized spacial score (nSPS) is 7.60. The van der Waals surface area contributed by atoms with Crippen molar-refractivity contribution in [1.29, 1.82) is 5.39 Å². The summed E-state index contributed by atoms with van der Waals surface area (Å²) < 4.78 is 0. The lowest BCUT2D eigenvalue weighted by Gasteiger charge is -1.80. The van der Waals surface area contributed by atoms with Crippen molar-refractivity contribution in [1.82, 2.24) is 0 Å². The molecule has 0 heterocycles. The second-order valence-electron chi connectivity index (χ2n) is 1.62. The fourth-order valence-electron chi connectivity index (χ4n) is 0.519. The monoisotopic (exact) mass is 172 g/mol. The lowest BCUT2D eigenvalue weighted by molar-refractivity contribution is -0.00000196. The summed E-state index contributed by atoms with van der Waals surface area (Å²) >= 11 is 4.05. The summed E-state index contributed by atoms with van der Waals surface area (Å²) in [7, 11) is 0. The molecule has 52 valence electrons. The van der Waals surface area contributed by atoms with Gasteiger partial charge in [0.25, 0.3) is 0 Å². The summed E-state index contributed by atoms with van der Waals surface area (Å²) in [6, 6.07) is 6.89. The lowest BCUT2D eigenvalue weighted by atomic mass is 10.3. The molecule has 0 bridgehead atoms. The third kappa shape index (κ3) is 2.26. The van der Waals surface area contributed by atoms with Crippen LogP contribution in [0.2, 0.25) is 0 Å². The van der Waals surface area contributed by atoms with Gasteiger partial charge in [0.15, 0.2) is 4.98 Å².